The number of anilines is 1. The Morgan fingerprint density at radius 1 is 1.41 bits per heavy atom. The second kappa shape index (κ2) is 7.33. The summed E-state index contributed by atoms with van der Waals surface area (Å²) in [5.41, 5.74) is 0.847. The number of benzene rings is 1. The third kappa shape index (κ3) is 4.02. The second-order valence-corrected chi connectivity index (χ2v) is 5.68. The molecule has 0 aliphatic heterocycles. The van der Waals surface area contributed by atoms with E-state index in [0.29, 0.717) is 16.4 Å². The number of hydrogen-bond donors (Lipinski definition) is 3. The van der Waals surface area contributed by atoms with Crippen LogP contribution in [-0.2, 0) is 0 Å². The normalized spacial score (nSPS) is 13.5. The molecule has 0 radical (unpaired) electrons. The van der Waals surface area contributed by atoms with Gasteiger partial charge in [0.1, 0.15) is 11.5 Å². The maximum Gasteiger partial charge on any atom is 0.271 e. The van der Waals surface area contributed by atoms with Crippen molar-refractivity contribution < 1.29 is 14.3 Å². The van der Waals surface area contributed by atoms with Gasteiger partial charge >= 0.3 is 0 Å². The molecule has 22 heavy (non-hydrogen) atoms. The number of aliphatic hydroxyl groups is 1. The van der Waals surface area contributed by atoms with Crippen molar-refractivity contribution in [2.45, 2.75) is 26.0 Å². The van der Waals surface area contributed by atoms with Gasteiger partial charge < -0.3 is 15.7 Å². The Balaban J connectivity index is 1.99. The van der Waals surface area contributed by atoms with Crippen molar-refractivity contribution in [1.29, 1.82) is 0 Å². The number of nitrogens with one attached hydrogen (secondary N) is 2. The van der Waals surface area contributed by atoms with Crippen molar-refractivity contribution in [1.82, 2.24) is 10.3 Å². The van der Waals surface area contributed by atoms with Crippen LogP contribution in [0.15, 0.2) is 29.6 Å². The number of rotatable bonds is 6. The molecule has 2 atom stereocenters. The lowest BCUT2D eigenvalue weighted by atomic mass is 10.0. The molecule has 5 nitrogen and oxygen atoms in total. The summed E-state index contributed by atoms with van der Waals surface area (Å²) in [6, 6.07) is 5.01. The van der Waals surface area contributed by atoms with Crippen LogP contribution in [0.4, 0.5) is 9.52 Å². The summed E-state index contributed by atoms with van der Waals surface area (Å²) in [5, 5.41) is 18.3. The minimum Gasteiger partial charge on any atom is -0.386 e. The van der Waals surface area contributed by atoms with E-state index in [-0.39, 0.29) is 11.7 Å². The summed E-state index contributed by atoms with van der Waals surface area (Å²) in [6.45, 7) is 4.36. The number of aliphatic hydroxyl groups excluding tert-OH is 1. The average Bonchev–Trinajstić information content (AvgIpc) is 2.96. The van der Waals surface area contributed by atoms with Gasteiger partial charge in [-0.05, 0) is 31.5 Å². The number of thiazole rings is 1. The van der Waals surface area contributed by atoms with Crippen LogP contribution < -0.4 is 10.6 Å². The van der Waals surface area contributed by atoms with Gasteiger partial charge in [0.2, 0.25) is 0 Å². The zero-order chi connectivity index (χ0) is 16.1. The Kier molecular flexibility index (Phi) is 5.46. The van der Waals surface area contributed by atoms with E-state index in [0.717, 1.165) is 6.54 Å². The quantitative estimate of drug-likeness (QED) is 0.764. The number of halogens is 1. The van der Waals surface area contributed by atoms with Crippen LogP contribution in [0.5, 0.6) is 0 Å². The fraction of sp³-hybridized carbons (Fsp3) is 0.333. The Labute approximate surface area is 132 Å². The maximum atomic E-state index is 12.9. The molecule has 2 aromatic rings. The van der Waals surface area contributed by atoms with Crippen molar-refractivity contribution in [3.63, 3.8) is 0 Å². The first-order chi connectivity index (χ1) is 10.5. The Bertz CT molecular complexity index is 630. The molecule has 0 aliphatic carbocycles. The zero-order valence-electron chi connectivity index (χ0n) is 12.3. The molecule has 0 aliphatic rings. The Hall–Kier alpha value is -1.99. The van der Waals surface area contributed by atoms with E-state index in [4.69, 9.17) is 0 Å². The van der Waals surface area contributed by atoms with Crippen LogP contribution >= 0.6 is 11.3 Å². The maximum absolute atomic E-state index is 12.9. The van der Waals surface area contributed by atoms with Crippen molar-refractivity contribution >= 4 is 22.4 Å². The highest BCUT2D eigenvalue weighted by Crippen LogP contribution is 2.19. The second-order valence-electron chi connectivity index (χ2n) is 4.83. The minimum absolute atomic E-state index is 0.305. The first-order valence-corrected chi connectivity index (χ1v) is 7.83. The van der Waals surface area contributed by atoms with Crippen molar-refractivity contribution in [2.75, 3.05) is 11.9 Å². The third-order valence-corrected chi connectivity index (χ3v) is 3.91. The van der Waals surface area contributed by atoms with Crippen LogP contribution in [0.1, 0.15) is 36.0 Å². The van der Waals surface area contributed by atoms with Crippen LogP contribution in [0, 0.1) is 5.82 Å². The fourth-order valence-corrected chi connectivity index (χ4v) is 2.68. The minimum atomic E-state index is -0.920. The smallest absolute Gasteiger partial charge is 0.271 e. The number of amides is 1. The lowest BCUT2D eigenvalue weighted by Crippen LogP contribution is -2.37. The Morgan fingerprint density at radius 2 is 2.09 bits per heavy atom. The predicted octanol–water partition coefficient (Wildman–Crippen LogP) is 2.57. The molecule has 1 heterocycles. The van der Waals surface area contributed by atoms with E-state index >= 15 is 0 Å². The standard InChI is InChI=1S/C15H18FN3O2S/c1-3-17-15-19-12(8-22-15)14(21)18-9(2)13(20)10-4-6-11(16)7-5-10/h4-9,13,20H,3H2,1-2H3,(H,17,19)(H,18,21)/t9-,13+/m0/s1. The number of aromatic nitrogens is 1. The van der Waals surface area contributed by atoms with Gasteiger partial charge in [0, 0.05) is 11.9 Å². The molecule has 3 N–H and O–H groups in total. The summed E-state index contributed by atoms with van der Waals surface area (Å²) in [6.07, 6.45) is -0.920. The lowest BCUT2D eigenvalue weighted by molar-refractivity contribution is 0.0848. The van der Waals surface area contributed by atoms with Crippen LogP contribution in [-0.4, -0.2) is 28.6 Å². The lowest BCUT2D eigenvalue weighted by Gasteiger charge is -2.20. The highest BCUT2D eigenvalue weighted by molar-refractivity contribution is 7.13. The molecule has 0 saturated carbocycles. The van der Waals surface area contributed by atoms with Gasteiger partial charge in [0.25, 0.3) is 5.91 Å². The molecule has 7 heteroatoms. The van der Waals surface area contributed by atoms with Gasteiger partial charge in [-0.15, -0.1) is 11.3 Å². The molecule has 118 valence electrons. The summed E-state index contributed by atoms with van der Waals surface area (Å²) >= 11 is 1.35. The van der Waals surface area contributed by atoms with Gasteiger partial charge in [-0.2, -0.15) is 0 Å². The molecule has 1 aromatic carbocycles. The van der Waals surface area contributed by atoms with E-state index < -0.39 is 12.1 Å². The summed E-state index contributed by atoms with van der Waals surface area (Å²) in [5.74, 6) is -0.722. The van der Waals surface area contributed by atoms with Crippen molar-refractivity contribution in [3.05, 3.63) is 46.7 Å². The SMILES string of the molecule is CCNc1nc(C(=O)N[C@@H](C)[C@@H](O)c2ccc(F)cc2)cs1. The largest absolute Gasteiger partial charge is 0.386 e. The van der Waals surface area contributed by atoms with Crippen LogP contribution in [0.25, 0.3) is 0 Å². The molecule has 0 bridgehead atoms. The highest BCUT2D eigenvalue weighted by atomic mass is 32.1. The molecule has 0 spiro atoms. The predicted molar refractivity (Wildman–Crippen MR) is 84.6 cm³/mol. The highest BCUT2D eigenvalue weighted by Gasteiger charge is 2.20. The van der Waals surface area contributed by atoms with Gasteiger partial charge in [-0.25, -0.2) is 9.37 Å². The van der Waals surface area contributed by atoms with Crippen molar-refractivity contribution in [2.24, 2.45) is 0 Å². The Morgan fingerprint density at radius 3 is 2.73 bits per heavy atom. The summed E-state index contributed by atoms with van der Waals surface area (Å²) in [4.78, 5) is 16.3. The molecule has 0 unspecified atom stereocenters. The van der Waals surface area contributed by atoms with E-state index in [1.165, 1.54) is 35.6 Å². The molecule has 2 rings (SSSR count). The van der Waals surface area contributed by atoms with E-state index in [1.807, 2.05) is 6.92 Å². The van der Waals surface area contributed by atoms with Crippen LogP contribution in [0.2, 0.25) is 0 Å². The summed E-state index contributed by atoms with van der Waals surface area (Å²) < 4.78 is 12.9. The third-order valence-electron chi connectivity index (χ3n) is 3.11. The fourth-order valence-electron chi connectivity index (χ4n) is 1.92. The topological polar surface area (TPSA) is 74.2 Å². The van der Waals surface area contributed by atoms with Gasteiger partial charge in [-0.3, -0.25) is 4.79 Å². The van der Waals surface area contributed by atoms with Crippen LogP contribution in [0.3, 0.4) is 0 Å². The number of carbonyl (C=O) groups is 1. The number of hydrogen-bond acceptors (Lipinski definition) is 5. The van der Waals surface area contributed by atoms with Gasteiger partial charge in [0.15, 0.2) is 5.13 Å². The average molecular weight is 323 g/mol. The van der Waals surface area contributed by atoms with Gasteiger partial charge in [-0.1, -0.05) is 12.1 Å². The van der Waals surface area contributed by atoms with E-state index in [9.17, 15) is 14.3 Å². The first kappa shape index (κ1) is 16.4. The summed E-state index contributed by atoms with van der Waals surface area (Å²) in [7, 11) is 0. The monoisotopic (exact) mass is 323 g/mol. The van der Waals surface area contributed by atoms with E-state index in [1.54, 1.807) is 12.3 Å². The first-order valence-electron chi connectivity index (χ1n) is 6.95. The molecular weight excluding hydrogens is 305 g/mol. The number of nitrogens with zero attached hydrogens (tertiary/aromatic N) is 1. The molecule has 0 saturated heterocycles. The molecule has 0 fully saturated rings. The van der Waals surface area contributed by atoms with Crippen molar-refractivity contribution in [3.8, 4) is 0 Å². The molecular formula is C15H18FN3O2S. The molecule has 1 amide bonds. The van der Waals surface area contributed by atoms with E-state index in [2.05, 4.69) is 15.6 Å². The van der Waals surface area contributed by atoms with Gasteiger partial charge in [0.05, 0.1) is 12.1 Å². The zero-order valence-corrected chi connectivity index (χ0v) is 13.2. The molecule has 1 aromatic heterocycles. The number of carbonyl (C=O) groups excluding carboxylic acids is 1.